The Balaban J connectivity index is 1.35. The zero-order valence-electron chi connectivity index (χ0n) is 20.3. The number of benzene rings is 2. The first-order valence-corrected chi connectivity index (χ1v) is 11.8. The van der Waals surface area contributed by atoms with E-state index in [4.69, 9.17) is 0 Å². The highest BCUT2D eigenvalue weighted by Crippen LogP contribution is 2.33. The van der Waals surface area contributed by atoms with E-state index in [0.29, 0.717) is 35.7 Å². The van der Waals surface area contributed by atoms with E-state index < -0.39 is 17.6 Å². The van der Waals surface area contributed by atoms with Crippen LogP contribution in [0.15, 0.2) is 73.1 Å². The van der Waals surface area contributed by atoms with E-state index in [9.17, 15) is 22.8 Å². The molecule has 5 rings (SSSR count). The predicted molar refractivity (Wildman–Crippen MR) is 136 cm³/mol. The zero-order chi connectivity index (χ0) is 26.9. The molecule has 0 saturated heterocycles. The molecule has 0 spiro atoms. The van der Waals surface area contributed by atoms with Crippen LogP contribution in [0.25, 0.3) is 11.3 Å². The lowest BCUT2D eigenvalue weighted by Crippen LogP contribution is -2.30. The summed E-state index contributed by atoms with van der Waals surface area (Å²) in [6, 6.07) is 15.2. The molecule has 10 heteroatoms. The minimum absolute atomic E-state index is 0.0581. The molecule has 0 aliphatic carbocycles. The summed E-state index contributed by atoms with van der Waals surface area (Å²) in [5.74, 6) is -0.178. The average Bonchev–Trinajstić information content (AvgIpc) is 3.32. The Bertz CT molecular complexity index is 1510. The SMILES string of the molecule is Cc1ncc(C(=O)Nc2ccc3c(c2)CCN3C(=O)Cc2ccccn2)c(-c2ccc(C(F)(F)F)cc2)n1. The lowest BCUT2D eigenvalue weighted by Gasteiger charge is -2.17. The van der Waals surface area contributed by atoms with Gasteiger partial charge in [0.05, 0.1) is 23.2 Å². The van der Waals surface area contributed by atoms with Crippen LogP contribution >= 0.6 is 0 Å². The number of pyridine rings is 1. The number of halogens is 3. The van der Waals surface area contributed by atoms with Crippen molar-refractivity contribution in [2.24, 2.45) is 0 Å². The van der Waals surface area contributed by atoms with Gasteiger partial charge in [-0.25, -0.2) is 9.97 Å². The Morgan fingerprint density at radius 3 is 2.53 bits per heavy atom. The third-order valence-corrected chi connectivity index (χ3v) is 6.23. The van der Waals surface area contributed by atoms with Crippen LogP contribution in [0.3, 0.4) is 0 Å². The molecule has 192 valence electrons. The van der Waals surface area contributed by atoms with Gasteiger partial charge in [0.1, 0.15) is 5.82 Å². The number of nitrogens with one attached hydrogen (secondary N) is 1. The maximum absolute atomic E-state index is 13.2. The average molecular weight is 518 g/mol. The fourth-order valence-corrected chi connectivity index (χ4v) is 4.36. The standard InChI is InChI=1S/C28H22F3N5O2/c1-17-33-16-23(26(34-17)18-5-7-20(8-6-18)28(29,30)31)27(38)35-22-9-10-24-19(14-22)11-13-36(24)25(37)15-21-4-2-3-12-32-21/h2-10,12,14,16H,11,13,15H2,1H3,(H,35,38). The number of hydrogen-bond donors (Lipinski definition) is 1. The molecule has 2 aromatic carbocycles. The number of carbonyl (C=O) groups is 2. The number of anilines is 2. The largest absolute Gasteiger partial charge is 0.416 e. The number of amides is 2. The highest BCUT2D eigenvalue weighted by atomic mass is 19.4. The second-order valence-electron chi connectivity index (χ2n) is 8.85. The Labute approximate surface area is 216 Å². The van der Waals surface area contributed by atoms with Gasteiger partial charge in [0.2, 0.25) is 5.91 Å². The maximum atomic E-state index is 13.2. The lowest BCUT2D eigenvalue weighted by atomic mass is 10.0. The summed E-state index contributed by atoms with van der Waals surface area (Å²) < 4.78 is 38.9. The van der Waals surface area contributed by atoms with Gasteiger partial charge in [-0.1, -0.05) is 18.2 Å². The van der Waals surface area contributed by atoms with Gasteiger partial charge in [-0.05, 0) is 61.4 Å². The van der Waals surface area contributed by atoms with E-state index in [2.05, 4.69) is 20.3 Å². The molecule has 2 aromatic heterocycles. The van der Waals surface area contributed by atoms with Crippen LogP contribution in [0.1, 0.15) is 33.0 Å². The van der Waals surface area contributed by atoms with Crippen molar-refractivity contribution in [2.45, 2.75) is 25.9 Å². The summed E-state index contributed by atoms with van der Waals surface area (Å²) in [6.45, 7) is 2.17. The van der Waals surface area contributed by atoms with Crippen molar-refractivity contribution in [3.8, 4) is 11.3 Å². The van der Waals surface area contributed by atoms with Gasteiger partial charge in [-0.15, -0.1) is 0 Å². The molecule has 3 heterocycles. The normalized spacial score (nSPS) is 12.8. The summed E-state index contributed by atoms with van der Waals surface area (Å²) in [4.78, 5) is 40.4. The summed E-state index contributed by atoms with van der Waals surface area (Å²) >= 11 is 0. The Hall–Kier alpha value is -4.60. The summed E-state index contributed by atoms with van der Waals surface area (Å²) in [5.41, 5.74) is 2.85. The summed E-state index contributed by atoms with van der Waals surface area (Å²) in [7, 11) is 0. The number of aromatic nitrogens is 3. The molecule has 4 aromatic rings. The van der Waals surface area contributed by atoms with Crippen LogP contribution in [-0.4, -0.2) is 33.3 Å². The first kappa shape index (κ1) is 25.1. The van der Waals surface area contributed by atoms with Gasteiger partial charge < -0.3 is 10.2 Å². The molecule has 1 N–H and O–H groups in total. The van der Waals surface area contributed by atoms with Crippen molar-refractivity contribution in [3.05, 3.63) is 101 Å². The van der Waals surface area contributed by atoms with Crippen LogP contribution in [0.2, 0.25) is 0 Å². The van der Waals surface area contributed by atoms with Crippen molar-refractivity contribution >= 4 is 23.2 Å². The monoisotopic (exact) mass is 517 g/mol. The molecule has 0 saturated carbocycles. The number of rotatable bonds is 5. The quantitative estimate of drug-likeness (QED) is 0.391. The molecule has 38 heavy (non-hydrogen) atoms. The first-order valence-electron chi connectivity index (χ1n) is 11.8. The zero-order valence-corrected chi connectivity index (χ0v) is 20.3. The smallest absolute Gasteiger partial charge is 0.322 e. The Morgan fingerprint density at radius 2 is 1.82 bits per heavy atom. The Kier molecular flexibility index (Phi) is 6.62. The van der Waals surface area contributed by atoms with E-state index in [1.807, 2.05) is 12.1 Å². The predicted octanol–water partition coefficient (Wildman–Crippen LogP) is 5.25. The second-order valence-corrected chi connectivity index (χ2v) is 8.85. The maximum Gasteiger partial charge on any atom is 0.416 e. The fourth-order valence-electron chi connectivity index (χ4n) is 4.36. The number of aryl methyl sites for hydroxylation is 1. The first-order chi connectivity index (χ1) is 18.2. The molecule has 0 fully saturated rings. The Morgan fingerprint density at radius 1 is 1.03 bits per heavy atom. The van der Waals surface area contributed by atoms with Gasteiger partial charge in [0.25, 0.3) is 5.91 Å². The topological polar surface area (TPSA) is 88.1 Å². The van der Waals surface area contributed by atoms with E-state index in [-0.39, 0.29) is 23.6 Å². The molecule has 0 bridgehead atoms. The van der Waals surface area contributed by atoms with E-state index in [0.717, 1.165) is 23.4 Å². The third kappa shape index (κ3) is 5.24. The van der Waals surface area contributed by atoms with Crippen molar-refractivity contribution < 1.29 is 22.8 Å². The molecule has 7 nitrogen and oxygen atoms in total. The van der Waals surface area contributed by atoms with Crippen molar-refractivity contribution in [1.29, 1.82) is 0 Å². The van der Waals surface area contributed by atoms with Gasteiger partial charge in [0, 0.05) is 41.6 Å². The van der Waals surface area contributed by atoms with Crippen molar-refractivity contribution in [2.75, 3.05) is 16.8 Å². The van der Waals surface area contributed by atoms with Gasteiger partial charge in [-0.2, -0.15) is 13.2 Å². The van der Waals surface area contributed by atoms with Crippen LogP contribution in [-0.2, 0) is 23.8 Å². The molecule has 2 amide bonds. The van der Waals surface area contributed by atoms with Gasteiger partial charge in [-0.3, -0.25) is 14.6 Å². The molecular weight excluding hydrogens is 495 g/mol. The lowest BCUT2D eigenvalue weighted by molar-refractivity contribution is -0.137. The van der Waals surface area contributed by atoms with Crippen molar-refractivity contribution in [1.82, 2.24) is 15.0 Å². The molecule has 1 aliphatic heterocycles. The number of fused-ring (bicyclic) bond motifs is 1. The minimum Gasteiger partial charge on any atom is -0.322 e. The number of hydrogen-bond acceptors (Lipinski definition) is 5. The third-order valence-electron chi connectivity index (χ3n) is 6.23. The van der Waals surface area contributed by atoms with Crippen molar-refractivity contribution in [3.63, 3.8) is 0 Å². The molecule has 0 unspecified atom stereocenters. The minimum atomic E-state index is -4.47. The number of carbonyl (C=O) groups excluding carboxylic acids is 2. The van der Waals surface area contributed by atoms with Crippen LogP contribution in [0.4, 0.5) is 24.5 Å². The van der Waals surface area contributed by atoms with Gasteiger partial charge in [0.15, 0.2) is 0 Å². The highest BCUT2D eigenvalue weighted by molar-refractivity contribution is 6.08. The van der Waals surface area contributed by atoms with Crippen LogP contribution in [0, 0.1) is 6.92 Å². The highest BCUT2D eigenvalue weighted by Gasteiger charge is 2.30. The molecule has 0 radical (unpaired) electrons. The number of alkyl halides is 3. The van der Waals surface area contributed by atoms with Crippen LogP contribution in [0.5, 0.6) is 0 Å². The molecule has 0 atom stereocenters. The van der Waals surface area contributed by atoms with E-state index in [1.165, 1.54) is 18.3 Å². The van der Waals surface area contributed by atoms with E-state index in [1.54, 1.807) is 42.3 Å². The van der Waals surface area contributed by atoms with Gasteiger partial charge >= 0.3 is 6.18 Å². The number of nitrogens with zero attached hydrogens (tertiary/aromatic N) is 4. The van der Waals surface area contributed by atoms with E-state index >= 15 is 0 Å². The molecule has 1 aliphatic rings. The summed E-state index contributed by atoms with van der Waals surface area (Å²) in [5, 5.41) is 2.82. The molecular formula is C28H22F3N5O2. The van der Waals surface area contributed by atoms with Crippen LogP contribution < -0.4 is 10.2 Å². The summed E-state index contributed by atoms with van der Waals surface area (Å²) in [6.07, 6.45) is -0.628. The second kappa shape index (κ2) is 10.0. The fraction of sp³-hybridized carbons (Fsp3) is 0.179.